The number of carbonyl (C=O) groups excluding carboxylic acids is 1. The van der Waals surface area contributed by atoms with Gasteiger partial charge in [-0.05, 0) is 38.8 Å². The van der Waals surface area contributed by atoms with E-state index in [4.69, 9.17) is 4.74 Å². The van der Waals surface area contributed by atoms with Gasteiger partial charge in [-0.1, -0.05) is 24.6 Å². The lowest BCUT2D eigenvalue weighted by Crippen LogP contribution is -2.09. The number of ether oxygens (including phenoxy) is 1. The molecule has 0 atom stereocenters. The Bertz CT molecular complexity index is 629. The molecule has 2 aromatic rings. The predicted octanol–water partition coefficient (Wildman–Crippen LogP) is 3.23. The molecule has 4 heteroatoms. The van der Waals surface area contributed by atoms with Crippen LogP contribution in [0.2, 0.25) is 0 Å². The molecule has 0 saturated carbocycles. The molecule has 0 saturated heterocycles. The van der Waals surface area contributed by atoms with Crippen LogP contribution in [0.5, 0.6) is 0 Å². The van der Waals surface area contributed by atoms with Gasteiger partial charge in [0.25, 0.3) is 0 Å². The lowest BCUT2D eigenvalue weighted by atomic mass is 10.1. The van der Waals surface area contributed by atoms with E-state index in [0.29, 0.717) is 12.2 Å². The fourth-order valence-corrected chi connectivity index (χ4v) is 2.34. The molecule has 0 unspecified atom stereocenters. The molecule has 0 spiro atoms. The Morgan fingerprint density at radius 1 is 1.30 bits per heavy atom. The maximum absolute atomic E-state index is 11.9. The summed E-state index contributed by atoms with van der Waals surface area (Å²) >= 11 is 0. The van der Waals surface area contributed by atoms with Crippen molar-refractivity contribution in [2.75, 3.05) is 6.61 Å². The van der Waals surface area contributed by atoms with Crippen LogP contribution < -0.4 is 0 Å². The quantitative estimate of drug-likeness (QED) is 0.803. The highest BCUT2D eigenvalue weighted by Gasteiger charge is 2.18. The van der Waals surface area contributed by atoms with E-state index < -0.39 is 0 Å². The molecule has 106 valence electrons. The van der Waals surface area contributed by atoms with Crippen LogP contribution in [0, 0.1) is 13.8 Å². The van der Waals surface area contributed by atoms with Crippen LogP contribution >= 0.6 is 0 Å². The van der Waals surface area contributed by atoms with E-state index in [1.54, 1.807) is 13.1 Å². The third-order valence-corrected chi connectivity index (χ3v) is 3.28. The molecule has 1 aromatic heterocycles. The zero-order valence-corrected chi connectivity index (χ0v) is 12.4. The highest BCUT2D eigenvalue weighted by Crippen LogP contribution is 2.20. The van der Waals surface area contributed by atoms with Gasteiger partial charge in [-0.25, -0.2) is 9.48 Å². The second-order valence-corrected chi connectivity index (χ2v) is 4.78. The minimum Gasteiger partial charge on any atom is -0.462 e. The topological polar surface area (TPSA) is 44.1 Å². The van der Waals surface area contributed by atoms with Gasteiger partial charge in [0.15, 0.2) is 0 Å². The summed E-state index contributed by atoms with van der Waals surface area (Å²) in [5.41, 5.74) is 4.79. The zero-order valence-electron chi connectivity index (χ0n) is 12.4. The largest absolute Gasteiger partial charge is 0.462 e. The summed E-state index contributed by atoms with van der Waals surface area (Å²) in [5.74, 6) is -0.305. The second-order valence-electron chi connectivity index (χ2n) is 4.78. The zero-order chi connectivity index (χ0) is 14.7. The van der Waals surface area contributed by atoms with Crippen molar-refractivity contribution in [1.29, 1.82) is 0 Å². The van der Waals surface area contributed by atoms with Gasteiger partial charge in [-0.3, -0.25) is 0 Å². The lowest BCUT2D eigenvalue weighted by molar-refractivity contribution is 0.0525. The third-order valence-electron chi connectivity index (χ3n) is 3.28. The van der Waals surface area contributed by atoms with Crippen molar-refractivity contribution in [3.8, 4) is 5.69 Å². The van der Waals surface area contributed by atoms with E-state index in [-0.39, 0.29) is 5.97 Å². The van der Waals surface area contributed by atoms with Crippen LogP contribution in [-0.4, -0.2) is 22.4 Å². The number of aromatic nitrogens is 2. The number of rotatable bonds is 4. The highest BCUT2D eigenvalue weighted by atomic mass is 16.5. The Hall–Kier alpha value is -2.10. The summed E-state index contributed by atoms with van der Waals surface area (Å²) in [6.07, 6.45) is 2.32. The predicted molar refractivity (Wildman–Crippen MR) is 78.4 cm³/mol. The molecule has 2 rings (SSSR count). The van der Waals surface area contributed by atoms with E-state index in [2.05, 4.69) is 18.1 Å². The molecular formula is C16H20N2O2. The number of esters is 1. The number of hydrogen-bond donors (Lipinski definition) is 0. The molecule has 0 aliphatic rings. The van der Waals surface area contributed by atoms with Gasteiger partial charge in [0.2, 0.25) is 0 Å². The molecule has 20 heavy (non-hydrogen) atoms. The van der Waals surface area contributed by atoms with Crippen LogP contribution in [0.4, 0.5) is 0 Å². The minimum atomic E-state index is -0.305. The van der Waals surface area contributed by atoms with Gasteiger partial charge in [-0.15, -0.1) is 0 Å². The first-order valence-corrected chi connectivity index (χ1v) is 6.90. The molecule has 1 aromatic carbocycles. The van der Waals surface area contributed by atoms with Crippen molar-refractivity contribution in [2.24, 2.45) is 0 Å². The van der Waals surface area contributed by atoms with Crippen molar-refractivity contribution in [2.45, 2.75) is 34.1 Å². The molecule has 0 radical (unpaired) electrons. The number of nitrogens with zero attached hydrogens (tertiary/aromatic N) is 2. The fraction of sp³-hybridized carbons (Fsp3) is 0.375. The molecule has 0 aliphatic carbocycles. The SMILES string of the molecule is CCOC(=O)c1cnn(-c2ccc(C)cc2C)c1CC. The molecule has 4 nitrogen and oxygen atoms in total. The first-order chi connectivity index (χ1) is 9.58. The Morgan fingerprint density at radius 3 is 2.65 bits per heavy atom. The maximum Gasteiger partial charge on any atom is 0.341 e. The fourth-order valence-electron chi connectivity index (χ4n) is 2.34. The summed E-state index contributed by atoms with van der Waals surface area (Å²) in [6.45, 7) is 8.30. The molecule has 0 aliphatic heterocycles. The first kappa shape index (κ1) is 14.3. The summed E-state index contributed by atoms with van der Waals surface area (Å²) in [5, 5.41) is 4.37. The van der Waals surface area contributed by atoms with Crippen LogP contribution in [0.25, 0.3) is 5.69 Å². The van der Waals surface area contributed by atoms with Crippen molar-refractivity contribution < 1.29 is 9.53 Å². The second kappa shape index (κ2) is 5.90. The number of benzene rings is 1. The van der Waals surface area contributed by atoms with Crippen molar-refractivity contribution in [3.05, 3.63) is 46.8 Å². The molecular weight excluding hydrogens is 252 g/mol. The van der Waals surface area contributed by atoms with E-state index in [1.165, 1.54) is 5.56 Å². The first-order valence-electron chi connectivity index (χ1n) is 6.90. The molecule has 0 fully saturated rings. The van der Waals surface area contributed by atoms with E-state index in [9.17, 15) is 4.79 Å². The molecule has 1 heterocycles. The van der Waals surface area contributed by atoms with Crippen LogP contribution in [0.15, 0.2) is 24.4 Å². The lowest BCUT2D eigenvalue weighted by Gasteiger charge is -2.11. The summed E-state index contributed by atoms with van der Waals surface area (Å²) in [4.78, 5) is 11.9. The van der Waals surface area contributed by atoms with Crippen molar-refractivity contribution in [3.63, 3.8) is 0 Å². The average Bonchev–Trinajstić information content (AvgIpc) is 2.82. The smallest absolute Gasteiger partial charge is 0.341 e. The van der Waals surface area contributed by atoms with Crippen LogP contribution in [0.3, 0.4) is 0 Å². The maximum atomic E-state index is 11.9. The number of aryl methyl sites for hydroxylation is 2. The minimum absolute atomic E-state index is 0.305. The number of carbonyl (C=O) groups is 1. The van der Waals surface area contributed by atoms with E-state index in [1.807, 2.05) is 30.7 Å². The Balaban J connectivity index is 2.50. The molecule has 0 N–H and O–H groups in total. The third kappa shape index (κ3) is 2.59. The molecule has 0 amide bonds. The Morgan fingerprint density at radius 2 is 2.05 bits per heavy atom. The molecule has 0 bridgehead atoms. The van der Waals surface area contributed by atoms with Gasteiger partial charge < -0.3 is 4.74 Å². The highest BCUT2D eigenvalue weighted by molar-refractivity contribution is 5.90. The standard InChI is InChI=1S/C16H20N2O2/c1-5-14-13(16(19)20-6-2)10-17-18(14)15-8-7-11(3)9-12(15)4/h7-10H,5-6H2,1-4H3. The number of hydrogen-bond acceptors (Lipinski definition) is 3. The van der Waals surface area contributed by atoms with E-state index >= 15 is 0 Å². The van der Waals surface area contributed by atoms with Gasteiger partial charge in [0, 0.05) is 0 Å². The monoisotopic (exact) mass is 272 g/mol. The van der Waals surface area contributed by atoms with Gasteiger partial charge in [0.1, 0.15) is 5.56 Å². The van der Waals surface area contributed by atoms with Crippen molar-refractivity contribution >= 4 is 5.97 Å². The summed E-state index contributed by atoms with van der Waals surface area (Å²) in [7, 11) is 0. The van der Waals surface area contributed by atoms with Gasteiger partial charge >= 0.3 is 5.97 Å². The van der Waals surface area contributed by atoms with E-state index in [0.717, 1.165) is 23.4 Å². The van der Waals surface area contributed by atoms with Gasteiger partial charge in [-0.2, -0.15) is 5.10 Å². The summed E-state index contributed by atoms with van der Waals surface area (Å²) in [6, 6.07) is 6.19. The van der Waals surface area contributed by atoms with Gasteiger partial charge in [0.05, 0.1) is 24.2 Å². The average molecular weight is 272 g/mol. The van der Waals surface area contributed by atoms with Crippen molar-refractivity contribution in [1.82, 2.24) is 9.78 Å². The summed E-state index contributed by atoms with van der Waals surface area (Å²) < 4.78 is 6.91. The van der Waals surface area contributed by atoms with Crippen LogP contribution in [0.1, 0.15) is 41.0 Å². The normalized spacial score (nSPS) is 10.6. The Kier molecular flexibility index (Phi) is 4.23. The Labute approximate surface area is 119 Å². The van der Waals surface area contributed by atoms with Crippen LogP contribution in [-0.2, 0) is 11.2 Å².